The first-order valence-corrected chi connectivity index (χ1v) is 6.79. The molecule has 0 spiro atoms. The molecule has 2 rings (SSSR count). The average molecular weight is 326 g/mol. The van der Waals surface area contributed by atoms with E-state index < -0.39 is 0 Å². The molecule has 2 N–H and O–H groups in total. The summed E-state index contributed by atoms with van der Waals surface area (Å²) in [7, 11) is 1.62. The predicted molar refractivity (Wildman–Crippen MR) is 74.8 cm³/mol. The second kappa shape index (κ2) is 6.79. The number of rotatable bonds is 6. The number of nitrogens with zero attached hydrogens (tertiary/aromatic N) is 2. The van der Waals surface area contributed by atoms with Gasteiger partial charge in [0, 0.05) is 24.5 Å². The van der Waals surface area contributed by atoms with Crippen molar-refractivity contribution in [2.45, 2.75) is 18.9 Å². The molecule has 0 aliphatic carbocycles. The molecular weight excluding hydrogens is 310 g/mol. The number of hydrogen-bond acceptors (Lipinski definition) is 5. The third-order valence-corrected chi connectivity index (χ3v) is 3.31. The van der Waals surface area contributed by atoms with E-state index in [0.717, 1.165) is 10.0 Å². The first-order valence-electron chi connectivity index (χ1n) is 6.00. The van der Waals surface area contributed by atoms with Crippen LogP contribution in [0.5, 0.6) is 0 Å². The summed E-state index contributed by atoms with van der Waals surface area (Å²) in [5.41, 5.74) is 6.69. The molecule has 0 amide bonds. The van der Waals surface area contributed by atoms with Crippen molar-refractivity contribution in [1.29, 1.82) is 0 Å². The molecule has 1 unspecified atom stereocenters. The molecule has 102 valence electrons. The summed E-state index contributed by atoms with van der Waals surface area (Å²) in [6.07, 6.45) is 1.11. The molecule has 0 saturated heterocycles. The summed E-state index contributed by atoms with van der Waals surface area (Å²) in [5, 5.41) is 3.96. The van der Waals surface area contributed by atoms with Crippen LogP contribution < -0.4 is 5.73 Å². The molecular formula is C13H16BrN3O2. The minimum absolute atomic E-state index is 0.0824. The van der Waals surface area contributed by atoms with Gasteiger partial charge in [-0.2, -0.15) is 4.98 Å². The topological polar surface area (TPSA) is 74.2 Å². The van der Waals surface area contributed by atoms with E-state index in [1.807, 2.05) is 24.3 Å². The Morgan fingerprint density at radius 3 is 2.74 bits per heavy atom. The van der Waals surface area contributed by atoms with Gasteiger partial charge in [0.2, 0.25) is 5.89 Å². The van der Waals surface area contributed by atoms with E-state index in [-0.39, 0.29) is 6.10 Å². The standard InChI is InChI=1S/C13H16BrN3O2/c1-18-11(8-15)7-13-16-12(17-19-13)6-9-2-4-10(14)5-3-9/h2-5,11H,6-8,15H2,1H3. The fourth-order valence-electron chi connectivity index (χ4n) is 1.69. The average Bonchev–Trinajstić information content (AvgIpc) is 2.86. The van der Waals surface area contributed by atoms with Crippen LogP contribution in [0.3, 0.4) is 0 Å². The van der Waals surface area contributed by atoms with Gasteiger partial charge in [0.05, 0.1) is 12.5 Å². The highest BCUT2D eigenvalue weighted by Gasteiger charge is 2.13. The molecule has 0 radical (unpaired) electrons. The van der Waals surface area contributed by atoms with Crippen molar-refractivity contribution in [2.75, 3.05) is 13.7 Å². The highest BCUT2D eigenvalue weighted by Crippen LogP contribution is 2.13. The molecule has 6 heteroatoms. The summed E-state index contributed by atoms with van der Waals surface area (Å²) in [6.45, 7) is 0.431. The van der Waals surface area contributed by atoms with Crippen LogP contribution in [0.4, 0.5) is 0 Å². The van der Waals surface area contributed by atoms with Gasteiger partial charge in [0.1, 0.15) is 0 Å². The van der Waals surface area contributed by atoms with Crippen molar-refractivity contribution in [3.8, 4) is 0 Å². The summed E-state index contributed by atoms with van der Waals surface area (Å²) in [4.78, 5) is 4.34. The van der Waals surface area contributed by atoms with Crippen molar-refractivity contribution < 1.29 is 9.26 Å². The Kier molecular flexibility index (Phi) is 5.07. The lowest BCUT2D eigenvalue weighted by molar-refractivity contribution is 0.102. The number of benzene rings is 1. The Bertz CT molecular complexity index is 509. The fourth-order valence-corrected chi connectivity index (χ4v) is 1.95. The summed E-state index contributed by atoms with van der Waals surface area (Å²) in [6, 6.07) is 8.04. The van der Waals surface area contributed by atoms with Gasteiger partial charge in [-0.05, 0) is 17.7 Å². The largest absolute Gasteiger partial charge is 0.380 e. The SMILES string of the molecule is COC(CN)Cc1nc(Cc2ccc(Br)cc2)no1. The molecule has 5 nitrogen and oxygen atoms in total. The zero-order valence-corrected chi connectivity index (χ0v) is 12.3. The number of nitrogens with two attached hydrogens (primary N) is 1. The quantitative estimate of drug-likeness (QED) is 0.878. The van der Waals surface area contributed by atoms with E-state index in [1.165, 1.54) is 0 Å². The van der Waals surface area contributed by atoms with Crippen LogP contribution in [0.1, 0.15) is 17.3 Å². The smallest absolute Gasteiger partial charge is 0.229 e. The molecule has 1 aromatic carbocycles. The third-order valence-electron chi connectivity index (χ3n) is 2.78. The maximum atomic E-state index is 5.56. The molecule has 19 heavy (non-hydrogen) atoms. The van der Waals surface area contributed by atoms with Crippen LogP contribution in [0, 0.1) is 0 Å². The number of methoxy groups -OCH3 is 1. The molecule has 0 fully saturated rings. The van der Waals surface area contributed by atoms with Gasteiger partial charge in [-0.25, -0.2) is 0 Å². The van der Waals surface area contributed by atoms with Gasteiger partial charge in [-0.3, -0.25) is 0 Å². The van der Waals surface area contributed by atoms with Crippen molar-refractivity contribution in [3.63, 3.8) is 0 Å². The van der Waals surface area contributed by atoms with Crippen LogP contribution in [-0.4, -0.2) is 29.9 Å². The number of ether oxygens (including phenoxy) is 1. The van der Waals surface area contributed by atoms with Crippen molar-refractivity contribution in [1.82, 2.24) is 10.1 Å². The van der Waals surface area contributed by atoms with E-state index in [0.29, 0.717) is 31.1 Å². The van der Waals surface area contributed by atoms with Gasteiger partial charge in [-0.15, -0.1) is 0 Å². The molecule has 2 aromatic rings. The van der Waals surface area contributed by atoms with Gasteiger partial charge in [0.15, 0.2) is 5.82 Å². The molecule has 0 saturated carbocycles. The minimum atomic E-state index is -0.0824. The number of halogens is 1. The molecule has 0 aliphatic rings. The predicted octanol–water partition coefficient (Wildman–Crippen LogP) is 1.94. The summed E-state index contributed by atoms with van der Waals surface area (Å²) in [5.74, 6) is 1.23. The van der Waals surface area contributed by atoms with E-state index in [1.54, 1.807) is 7.11 Å². The highest BCUT2D eigenvalue weighted by atomic mass is 79.9. The first kappa shape index (κ1) is 14.2. The van der Waals surface area contributed by atoms with Crippen LogP contribution in [0.2, 0.25) is 0 Å². The molecule has 1 atom stereocenters. The van der Waals surface area contributed by atoms with Crippen LogP contribution >= 0.6 is 15.9 Å². The van der Waals surface area contributed by atoms with Crippen molar-refractivity contribution in [3.05, 3.63) is 46.0 Å². The Hall–Kier alpha value is -1.24. The van der Waals surface area contributed by atoms with E-state index in [4.69, 9.17) is 15.0 Å². The Morgan fingerprint density at radius 2 is 2.11 bits per heavy atom. The number of aromatic nitrogens is 2. The minimum Gasteiger partial charge on any atom is -0.380 e. The third kappa shape index (κ3) is 4.12. The Labute approximate surface area is 120 Å². The molecule has 1 aromatic heterocycles. The van der Waals surface area contributed by atoms with E-state index in [9.17, 15) is 0 Å². The zero-order chi connectivity index (χ0) is 13.7. The van der Waals surface area contributed by atoms with Crippen molar-refractivity contribution in [2.24, 2.45) is 5.73 Å². The highest BCUT2D eigenvalue weighted by molar-refractivity contribution is 9.10. The lowest BCUT2D eigenvalue weighted by atomic mass is 10.1. The zero-order valence-electron chi connectivity index (χ0n) is 10.7. The lowest BCUT2D eigenvalue weighted by Crippen LogP contribution is -2.24. The van der Waals surface area contributed by atoms with Crippen LogP contribution in [-0.2, 0) is 17.6 Å². The normalized spacial score (nSPS) is 12.6. The van der Waals surface area contributed by atoms with Crippen molar-refractivity contribution >= 4 is 15.9 Å². The molecule has 1 heterocycles. The Balaban J connectivity index is 1.99. The fraction of sp³-hybridized carbons (Fsp3) is 0.385. The molecule has 0 bridgehead atoms. The monoisotopic (exact) mass is 325 g/mol. The Morgan fingerprint density at radius 1 is 1.37 bits per heavy atom. The van der Waals surface area contributed by atoms with E-state index in [2.05, 4.69) is 26.1 Å². The second-order valence-electron chi connectivity index (χ2n) is 4.21. The van der Waals surface area contributed by atoms with E-state index >= 15 is 0 Å². The van der Waals surface area contributed by atoms with Crippen LogP contribution in [0.25, 0.3) is 0 Å². The maximum Gasteiger partial charge on any atom is 0.229 e. The molecule has 0 aliphatic heterocycles. The van der Waals surface area contributed by atoms with Gasteiger partial charge >= 0.3 is 0 Å². The van der Waals surface area contributed by atoms with Gasteiger partial charge in [0.25, 0.3) is 0 Å². The maximum absolute atomic E-state index is 5.56. The summed E-state index contributed by atoms with van der Waals surface area (Å²) >= 11 is 3.40. The number of hydrogen-bond donors (Lipinski definition) is 1. The van der Waals surface area contributed by atoms with Gasteiger partial charge < -0.3 is 15.0 Å². The van der Waals surface area contributed by atoms with Gasteiger partial charge in [-0.1, -0.05) is 33.2 Å². The first-order chi connectivity index (χ1) is 9.21. The summed E-state index contributed by atoms with van der Waals surface area (Å²) < 4.78 is 11.4. The lowest BCUT2D eigenvalue weighted by Gasteiger charge is -2.08. The van der Waals surface area contributed by atoms with Crippen LogP contribution in [0.15, 0.2) is 33.3 Å². The second-order valence-corrected chi connectivity index (χ2v) is 5.12.